The van der Waals surface area contributed by atoms with Gasteiger partial charge in [-0.3, -0.25) is 14.4 Å². The Bertz CT molecular complexity index is 1270. The lowest BCUT2D eigenvalue weighted by molar-refractivity contribution is -0.166. The van der Waals surface area contributed by atoms with Gasteiger partial charge in [0, 0.05) is 12.8 Å². The second kappa shape index (κ2) is 44.5. The fourth-order valence-corrected chi connectivity index (χ4v) is 5.34. The van der Waals surface area contributed by atoms with E-state index in [1.807, 2.05) is 54.7 Å². The summed E-state index contributed by atoms with van der Waals surface area (Å²) in [4.78, 5) is 37.6. The quantitative estimate of drug-likeness (QED) is 0.0205. The lowest BCUT2D eigenvalue weighted by Crippen LogP contribution is -2.30. The highest BCUT2D eigenvalue weighted by Crippen LogP contribution is 2.11. The van der Waals surface area contributed by atoms with E-state index in [-0.39, 0.29) is 44.4 Å². The summed E-state index contributed by atoms with van der Waals surface area (Å²) in [6, 6.07) is 0. The molecule has 0 aromatic rings. The Kier molecular flexibility index (Phi) is 41.3. The van der Waals surface area contributed by atoms with Gasteiger partial charge in [-0.2, -0.15) is 0 Å². The average Bonchev–Trinajstić information content (AvgIpc) is 3.21. The van der Waals surface area contributed by atoms with E-state index in [0.29, 0.717) is 6.42 Å². The monoisotopic (exact) mass is 787 g/mol. The van der Waals surface area contributed by atoms with E-state index in [9.17, 15) is 14.4 Å². The Hall–Kier alpha value is -4.19. The molecule has 0 saturated heterocycles. The number of carbonyl (C=O) groups excluding carboxylic acids is 3. The van der Waals surface area contributed by atoms with Crippen molar-refractivity contribution in [1.29, 1.82) is 0 Å². The maximum absolute atomic E-state index is 12.7. The molecule has 318 valence electrons. The first-order valence-electron chi connectivity index (χ1n) is 22.1. The van der Waals surface area contributed by atoms with Crippen LogP contribution in [0.15, 0.2) is 122 Å². The molecular weight excluding hydrogens is 709 g/mol. The van der Waals surface area contributed by atoms with Crippen molar-refractivity contribution < 1.29 is 28.6 Å². The Balaban J connectivity index is 4.56. The maximum atomic E-state index is 12.7. The molecular formula is C51H78O6. The van der Waals surface area contributed by atoms with Crippen LogP contribution in [0.2, 0.25) is 0 Å². The third kappa shape index (κ3) is 42.8. The number of carbonyl (C=O) groups is 3. The zero-order valence-corrected chi connectivity index (χ0v) is 36.0. The Labute approximate surface area is 348 Å². The highest BCUT2D eigenvalue weighted by molar-refractivity contribution is 5.72. The minimum Gasteiger partial charge on any atom is -0.462 e. The van der Waals surface area contributed by atoms with Crippen molar-refractivity contribution in [3.63, 3.8) is 0 Å². The number of allylic oxidation sites excluding steroid dienone is 19. The summed E-state index contributed by atoms with van der Waals surface area (Å²) in [5.74, 6) is -1.13. The van der Waals surface area contributed by atoms with E-state index in [1.165, 1.54) is 32.1 Å². The lowest BCUT2D eigenvalue weighted by atomic mass is 10.1. The molecule has 1 atom stereocenters. The summed E-state index contributed by atoms with van der Waals surface area (Å²) < 4.78 is 16.5. The molecule has 6 nitrogen and oxygen atoms in total. The second-order valence-corrected chi connectivity index (χ2v) is 14.0. The van der Waals surface area contributed by atoms with Crippen LogP contribution in [0.5, 0.6) is 0 Å². The van der Waals surface area contributed by atoms with Gasteiger partial charge in [-0.1, -0.05) is 187 Å². The van der Waals surface area contributed by atoms with E-state index in [0.717, 1.165) is 83.5 Å². The molecule has 0 bridgehead atoms. The molecule has 0 aliphatic rings. The number of hydrogen-bond acceptors (Lipinski definition) is 6. The van der Waals surface area contributed by atoms with Crippen molar-refractivity contribution in [2.45, 2.75) is 168 Å². The van der Waals surface area contributed by atoms with Gasteiger partial charge in [-0.15, -0.1) is 0 Å². The number of esters is 3. The fourth-order valence-electron chi connectivity index (χ4n) is 5.34. The molecule has 6 heteroatoms. The van der Waals surface area contributed by atoms with Gasteiger partial charge in [0.2, 0.25) is 0 Å². The van der Waals surface area contributed by atoms with Crippen LogP contribution < -0.4 is 0 Å². The summed E-state index contributed by atoms with van der Waals surface area (Å²) in [6.07, 6.45) is 60.7. The third-order valence-electron chi connectivity index (χ3n) is 8.62. The van der Waals surface area contributed by atoms with Crippen LogP contribution in [0.4, 0.5) is 0 Å². The van der Waals surface area contributed by atoms with Crippen LogP contribution in [0.25, 0.3) is 0 Å². The van der Waals surface area contributed by atoms with E-state index in [4.69, 9.17) is 14.2 Å². The predicted molar refractivity (Wildman–Crippen MR) is 242 cm³/mol. The molecule has 0 fully saturated rings. The molecule has 0 aliphatic heterocycles. The van der Waals surface area contributed by atoms with Gasteiger partial charge in [0.25, 0.3) is 0 Å². The zero-order chi connectivity index (χ0) is 41.5. The van der Waals surface area contributed by atoms with Gasteiger partial charge in [-0.25, -0.2) is 0 Å². The molecule has 0 rings (SSSR count). The normalized spacial score (nSPS) is 13.2. The van der Waals surface area contributed by atoms with Crippen molar-refractivity contribution in [2.75, 3.05) is 13.2 Å². The first-order valence-corrected chi connectivity index (χ1v) is 22.1. The Morgan fingerprint density at radius 3 is 1.40 bits per heavy atom. The third-order valence-corrected chi connectivity index (χ3v) is 8.62. The van der Waals surface area contributed by atoms with Crippen molar-refractivity contribution in [3.05, 3.63) is 122 Å². The van der Waals surface area contributed by atoms with E-state index < -0.39 is 12.1 Å². The molecule has 1 unspecified atom stereocenters. The molecule has 0 aromatic carbocycles. The van der Waals surface area contributed by atoms with Crippen molar-refractivity contribution >= 4 is 17.9 Å². The van der Waals surface area contributed by atoms with Crippen LogP contribution in [0, 0.1) is 0 Å². The molecule has 0 aromatic heterocycles. The van der Waals surface area contributed by atoms with Gasteiger partial charge in [0.15, 0.2) is 6.10 Å². The topological polar surface area (TPSA) is 78.9 Å². The molecule has 0 spiro atoms. The number of hydrogen-bond donors (Lipinski definition) is 0. The predicted octanol–water partition coefficient (Wildman–Crippen LogP) is 14.2. The summed E-state index contributed by atoms with van der Waals surface area (Å²) in [6.45, 7) is 6.16. The molecule has 0 saturated carbocycles. The van der Waals surface area contributed by atoms with Gasteiger partial charge in [0.05, 0.1) is 6.42 Å². The first-order chi connectivity index (χ1) is 28.0. The van der Waals surface area contributed by atoms with Gasteiger partial charge < -0.3 is 14.2 Å². The van der Waals surface area contributed by atoms with Gasteiger partial charge >= 0.3 is 17.9 Å². The lowest BCUT2D eigenvalue weighted by Gasteiger charge is -2.18. The van der Waals surface area contributed by atoms with Crippen molar-refractivity contribution in [1.82, 2.24) is 0 Å². The summed E-state index contributed by atoms with van der Waals surface area (Å²) in [5.41, 5.74) is 0. The largest absolute Gasteiger partial charge is 0.462 e. The van der Waals surface area contributed by atoms with Crippen LogP contribution in [0.1, 0.15) is 162 Å². The Morgan fingerprint density at radius 2 is 0.825 bits per heavy atom. The summed E-state index contributed by atoms with van der Waals surface area (Å²) in [7, 11) is 0. The van der Waals surface area contributed by atoms with E-state index in [1.54, 1.807) is 6.08 Å². The van der Waals surface area contributed by atoms with E-state index >= 15 is 0 Å². The minimum absolute atomic E-state index is 0.119. The van der Waals surface area contributed by atoms with Gasteiger partial charge in [0.1, 0.15) is 13.2 Å². The molecule has 0 amide bonds. The standard InChI is InChI=1S/C51H78O6/c1-4-7-10-13-16-19-21-23-25-27-29-32-35-38-41-44-50(53)56-47-48(46-55-49(52)43-40-37-34-31-18-15-12-9-6-3)57-51(54)45-42-39-36-33-30-28-26-24-22-20-17-14-11-8-5-2/h7,9-10,12-13,16-25,27,29,31,37,40,48H,4-6,8,11,14-15,26,28,30,32-36,38-39,41-47H2,1-3H3/b10-7-,12-9-,16-13-,20-17-,21-19-,24-22-,25-23-,29-27-,31-18-,40-37-. The van der Waals surface area contributed by atoms with Crippen molar-refractivity contribution in [2.24, 2.45) is 0 Å². The molecule has 57 heavy (non-hydrogen) atoms. The molecule has 0 heterocycles. The maximum Gasteiger partial charge on any atom is 0.309 e. The van der Waals surface area contributed by atoms with Crippen LogP contribution >= 0.6 is 0 Å². The van der Waals surface area contributed by atoms with Crippen molar-refractivity contribution in [3.8, 4) is 0 Å². The highest BCUT2D eigenvalue weighted by atomic mass is 16.6. The van der Waals surface area contributed by atoms with Crippen LogP contribution in [-0.4, -0.2) is 37.2 Å². The number of unbranched alkanes of at least 4 members (excludes halogenated alkanes) is 12. The second-order valence-electron chi connectivity index (χ2n) is 14.0. The smallest absolute Gasteiger partial charge is 0.309 e. The van der Waals surface area contributed by atoms with E-state index in [2.05, 4.69) is 81.5 Å². The molecule has 0 N–H and O–H groups in total. The molecule has 0 radical (unpaired) electrons. The minimum atomic E-state index is -0.838. The SMILES string of the molecule is CC\C=C/C=C\C=C/C=C\C=C/CCCCCC(=O)OCC(COC(=O)C/C=C\C/C=C\C/C=C\CC)OC(=O)CCCCCCCC/C=C\C=C/CCCCC. The average molecular weight is 787 g/mol. The fraction of sp³-hybridized carbons (Fsp3) is 0.549. The van der Waals surface area contributed by atoms with Gasteiger partial charge in [-0.05, 0) is 77.0 Å². The number of rotatable bonds is 37. The van der Waals surface area contributed by atoms with Crippen LogP contribution in [0.3, 0.4) is 0 Å². The van der Waals surface area contributed by atoms with Crippen LogP contribution in [-0.2, 0) is 28.6 Å². The summed E-state index contributed by atoms with van der Waals surface area (Å²) in [5, 5.41) is 0. The number of ether oxygens (including phenoxy) is 3. The highest BCUT2D eigenvalue weighted by Gasteiger charge is 2.19. The molecule has 0 aliphatic carbocycles. The zero-order valence-electron chi connectivity index (χ0n) is 36.0. The summed E-state index contributed by atoms with van der Waals surface area (Å²) >= 11 is 0. The first kappa shape index (κ1) is 52.8. The Morgan fingerprint density at radius 1 is 0.404 bits per heavy atom.